The Balaban J connectivity index is 2.06. The zero-order valence-corrected chi connectivity index (χ0v) is 10.9. The van der Waals surface area contributed by atoms with Crippen LogP contribution >= 0.6 is 0 Å². The van der Waals surface area contributed by atoms with Crippen LogP contribution in [0.1, 0.15) is 24.4 Å². The summed E-state index contributed by atoms with van der Waals surface area (Å²) >= 11 is 0. The molecule has 3 aromatic rings. The largest absolute Gasteiger partial charge is 0.284 e. The number of para-hydroxylation sites is 1. The van der Waals surface area contributed by atoms with Gasteiger partial charge in [-0.15, -0.1) is 10.2 Å². The van der Waals surface area contributed by atoms with Crippen LogP contribution in [-0.4, -0.2) is 24.5 Å². The zero-order valence-electron chi connectivity index (χ0n) is 10.9. The highest BCUT2D eigenvalue weighted by atomic mass is 15.3. The maximum Gasteiger partial charge on any atom is 0.162 e. The summed E-state index contributed by atoms with van der Waals surface area (Å²) in [5, 5.41) is 12.5. The van der Waals surface area contributed by atoms with Crippen molar-refractivity contribution < 1.29 is 0 Å². The third-order valence-electron chi connectivity index (χ3n) is 3.24. The lowest BCUT2D eigenvalue weighted by molar-refractivity contribution is 0.528. The van der Waals surface area contributed by atoms with Crippen molar-refractivity contribution in [1.29, 1.82) is 0 Å². The maximum absolute atomic E-state index is 4.26. The predicted molar refractivity (Wildman–Crippen MR) is 72.1 cm³/mol. The Morgan fingerprint density at radius 1 is 1.16 bits per heavy atom. The summed E-state index contributed by atoms with van der Waals surface area (Å²) in [5.41, 5.74) is 2.29. The van der Waals surface area contributed by atoms with Gasteiger partial charge in [0, 0.05) is 12.4 Å². The van der Waals surface area contributed by atoms with Crippen molar-refractivity contribution in [3.8, 4) is 5.69 Å². The molecule has 19 heavy (non-hydrogen) atoms. The SMILES string of the molecule is Cc1ccccc1-n1cnnc1[C@@H](C)n1cccn1. The van der Waals surface area contributed by atoms with E-state index in [1.54, 1.807) is 12.5 Å². The maximum atomic E-state index is 4.26. The van der Waals surface area contributed by atoms with Gasteiger partial charge in [-0.3, -0.25) is 9.25 Å². The van der Waals surface area contributed by atoms with Gasteiger partial charge in [-0.1, -0.05) is 18.2 Å². The van der Waals surface area contributed by atoms with Crippen molar-refractivity contribution in [2.24, 2.45) is 0 Å². The fourth-order valence-electron chi connectivity index (χ4n) is 2.18. The molecule has 0 saturated carbocycles. The van der Waals surface area contributed by atoms with Gasteiger partial charge in [-0.25, -0.2) is 0 Å². The highest BCUT2D eigenvalue weighted by Gasteiger charge is 2.16. The number of hydrogen-bond acceptors (Lipinski definition) is 3. The van der Waals surface area contributed by atoms with Crippen LogP contribution in [0.5, 0.6) is 0 Å². The van der Waals surface area contributed by atoms with Gasteiger partial charge in [0.2, 0.25) is 0 Å². The number of hydrogen-bond donors (Lipinski definition) is 0. The number of benzene rings is 1. The summed E-state index contributed by atoms with van der Waals surface area (Å²) in [6, 6.07) is 10.1. The number of rotatable bonds is 3. The lowest BCUT2D eigenvalue weighted by atomic mass is 10.2. The van der Waals surface area contributed by atoms with Crippen molar-refractivity contribution in [2.45, 2.75) is 19.9 Å². The summed E-state index contributed by atoms with van der Waals surface area (Å²) in [7, 11) is 0. The predicted octanol–water partition coefficient (Wildman–Crippen LogP) is 2.38. The molecule has 1 aromatic carbocycles. The van der Waals surface area contributed by atoms with Crippen LogP contribution < -0.4 is 0 Å². The van der Waals surface area contributed by atoms with Gasteiger partial charge in [0.15, 0.2) is 5.82 Å². The summed E-state index contributed by atoms with van der Waals surface area (Å²) in [6.45, 7) is 4.14. The summed E-state index contributed by atoms with van der Waals surface area (Å²) in [4.78, 5) is 0. The third kappa shape index (κ3) is 2.03. The van der Waals surface area contributed by atoms with E-state index in [0.717, 1.165) is 11.5 Å². The average molecular weight is 253 g/mol. The molecule has 0 amide bonds. The first-order chi connectivity index (χ1) is 9.27. The Labute approximate surface area is 111 Å². The van der Waals surface area contributed by atoms with Crippen LogP contribution in [-0.2, 0) is 0 Å². The molecule has 0 N–H and O–H groups in total. The molecule has 0 bridgehead atoms. The fourth-order valence-corrected chi connectivity index (χ4v) is 2.18. The highest BCUT2D eigenvalue weighted by Crippen LogP contribution is 2.20. The van der Waals surface area contributed by atoms with Gasteiger partial charge >= 0.3 is 0 Å². The number of aromatic nitrogens is 5. The molecule has 3 rings (SSSR count). The Morgan fingerprint density at radius 2 is 2.00 bits per heavy atom. The quantitative estimate of drug-likeness (QED) is 0.720. The second kappa shape index (κ2) is 4.68. The first-order valence-electron chi connectivity index (χ1n) is 6.22. The van der Waals surface area contributed by atoms with Gasteiger partial charge in [-0.05, 0) is 31.5 Å². The first-order valence-corrected chi connectivity index (χ1v) is 6.22. The Hall–Kier alpha value is -2.43. The van der Waals surface area contributed by atoms with Crippen molar-refractivity contribution in [1.82, 2.24) is 24.5 Å². The van der Waals surface area contributed by atoms with Gasteiger partial charge in [-0.2, -0.15) is 5.10 Å². The molecule has 0 radical (unpaired) electrons. The lowest BCUT2D eigenvalue weighted by Crippen LogP contribution is -2.13. The molecule has 0 aliphatic rings. The molecule has 1 atom stereocenters. The molecule has 2 heterocycles. The molecular formula is C14H15N5. The second-order valence-electron chi connectivity index (χ2n) is 4.51. The number of nitrogens with zero attached hydrogens (tertiary/aromatic N) is 5. The van der Waals surface area contributed by atoms with E-state index in [9.17, 15) is 0 Å². The van der Waals surface area contributed by atoms with Crippen molar-refractivity contribution in [3.63, 3.8) is 0 Å². The van der Waals surface area contributed by atoms with Crippen molar-refractivity contribution >= 4 is 0 Å². The van der Waals surface area contributed by atoms with E-state index in [1.165, 1.54) is 5.56 Å². The van der Waals surface area contributed by atoms with E-state index in [0.29, 0.717) is 0 Å². The van der Waals surface area contributed by atoms with Crippen LogP contribution in [0.15, 0.2) is 49.1 Å². The number of aryl methyl sites for hydroxylation is 1. The monoisotopic (exact) mass is 253 g/mol. The van der Waals surface area contributed by atoms with Gasteiger partial charge in [0.1, 0.15) is 12.4 Å². The van der Waals surface area contributed by atoms with E-state index in [2.05, 4.69) is 41.3 Å². The van der Waals surface area contributed by atoms with Crippen LogP contribution in [0.25, 0.3) is 5.69 Å². The molecule has 96 valence electrons. The van der Waals surface area contributed by atoms with E-state index in [4.69, 9.17) is 0 Å². The molecule has 0 saturated heterocycles. The van der Waals surface area contributed by atoms with E-state index < -0.39 is 0 Å². The molecule has 0 spiro atoms. The van der Waals surface area contributed by atoms with Gasteiger partial charge in [0.05, 0.1) is 5.69 Å². The summed E-state index contributed by atoms with van der Waals surface area (Å²) in [5.74, 6) is 0.873. The van der Waals surface area contributed by atoms with Crippen molar-refractivity contribution in [3.05, 3.63) is 60.4 Å². The minimum absolute atomic E-state index is 0.0390. The minimum atomic E-state index is 0.0390. The molecule has 0 aliphatic heterocycles. The molecule has 5 nitrogen and oxygen atoms in total. The molecule has 0 aliphatic carbocycles. The standard InChI is InChI=1S/C14H15N5/c1-11-6-3-4-7-13(11)18-10-15-17-14(18)12(2)19-9-5-8-16-19/h3-10,12H,1-2H3/t12-/m1/s1. The van der Waals surface area contributed by atoms with Crippen LogP contribution in [0.4, 0.5) is 0 Å². The average Bonchev–Trinajstić information content (AvgIpc) is 3.10. The zero-order chi connectivity index (χ0) is 13.2. The van der Waals surface area contributed by atoms with E-state index in [1.807, 2.05) is 33.6 Å². The fraction of sp³-hybridized carbons (Fsp3) is 0.214. The molecule has 0 fully saturated rings. The topological polar surface area (TPSA) is 48.5 Å². The Bertz CT molecular complexity index is 669. The van der Waals surface area contributed by atoms with Crippen molar-refractivity contribution in [2.75, 3.05) is 0 Å². The summed E-state index contributed by atoms with van der Waals surface area (Å²) in [6.07, 6.45) is 5.45. The summed E-state index contributed by atoms with van der Waals surface area (Å²) < 4.78 is 3.89. The third-order valence-corrected chi connectivity index (χ3v) is 3.24. The van der Waals surface area contributed by atoms with Crippen LogP contribution in [0.3, 0.4) is 0 Å². The molecular weight excluding hydrogens is 238 g/mol. The Kier molecular flexibility index (Phi) is 2.87. The minimum Gasteiger partial charge on any atom is -0.284 e. The van der Waals surface area contributed by atoms with E-state index in [-0.39, 0.29) is 6.04 Å². The van der Waals surface area contributed by atoms with E-state index >= 15 is 0 Å². The smallest absolute Gasteiger partial charge is 0.162 e. The van der Waals surface area contributed by atoms with Crippen LogP contribution in [0.2, 0.25) is 0 Å². The highest BCUT2D eigenvalue weighted by molar-refractivity contribution is 5.40. The lowest BCUT2D eigenvalue weighted by Gasteiger charge is -2.14. The first kappa shape index (κ1) is 11.6. The van der Waals surface area contributed by atoms with Gasteiger partial charge in [0.25, 0.3) is 0 Å². The Morgan fingerprint density at radius 3 is 2.74 bits per heavy atom. The second-order valence-corrected chi connectivity index (χ2v) is 4.51. The molecule has 0 unspecified atom stereocenters. The van der Waals surface area contributed by atoms with Crippen LogP contribution in [0, 0.1) is 6.92 Å². The van der Waals surface area contributed by atoms with Gasteiger partial charge < -0.3 is 0 Å². The molecule has 2 aromatic heterocycles. The normalized spacial score (nSPS) is 12.5. The molecule has 5 heteroatoms.